The third-order valence-corrected chi connectivity index (χ3v) is 3.03. The Morgan fingerprint density at radius 2 is 2.22 bits per heavy atom. The van der Waals surface area contributed by atoms with Crippen LogP contribution in [0.25, 0.3) is 0 Å². The lowest BCUT2D eigenvalue weighted by atomic mass is 9.92. The zero-order valence-corrected chi connectivity index (χ0v) is 11.0. The Hall–Kier alpha value is -1.86. The molecule has 1 unspecified atom stereocenters. The number of rotatable bonds is 5. The molecule has 1 aromatic carbocycles. The summed E-state index contributed by atoms with van der Waals surface area (Å²) in [6, 6.07) is 9.59. The molecular formula is C14H19N3O. The van der Waals surface area contributed by atoms with E-state index in [0.29, 0.717) is 12.1 Å². The average molecular weight is 245 g/mol. The van der Waals surface area contributed by atoms with Crippen molar-refractivity contribution in [2.75, 3.05) is 6.54 Å². The van der Waals surface area contributed by atoms with Crippen molar-refractivity contribution in [2.24, 2.45) is 11.1 Å². The molecule has 1 amide bonds. The van der Waals surface area contributed by atoms with E-state index in [0.717, 1.165) is 5.56 Å². The highest BCUT2D eigenvalue weighted by molar-refractivity contribution is 5.80. The Balaban J connectivity index is 2.69. The molecule has 0 heterocycles. The number of carbonyl (C=O) groups is 1. The van der Waals surface area contributed by atoms with Crippen molar-refractivity contribution in [3.63, 3.8) is 0 Å². The standard InChI is InChI=1S/C14H19N3O/c1-10(17-9-14(2,3)13(16)18)12-6-4-5-11(7-12)8-15/h4-7,10,17H,9H2,1-3H3,(H2,16,18). The molecule has 4 nitrogen and oxygen atoms in total. The van der Waals surface area contributed by atoms with Crippen LogP contribution in [0.15, 0.2) is 24.3 Å². The van der Waals surface area contributed by atoms with E-state index in [-0.39, 0.29) is 11.9 Å². The lowest BCUT2D eigenvalue weighted by Gasteiger charge is -2.24. The van der Waals surface area contributed by atoms with Crippen molar-refractivity contribution < 1.29 is 4.79 Å². The number of benzene rings is 1. The summed E-state index contributed by atoms with van der Waals surface area (Å²) in [7, 11) is 0. The number of amides is 1. The molecule has 96 valence electrons. The Morgan fingerprint density at radius 3 is 2.78 bits per heavy atom. The van der Waals surface area contributed by atoms with Gasteiger partial charge in [0.25, 0.3) is 0 Å². The van der Waals surface area contributed by atoms with Gasteiger partial charge in [0.1, 0.15) is 0 Å². The van der Waals surface area contributed by atoms with Gasteiger partial charge in [0.2, 0.25) is 5.91 Å². The molecule has 0 saturated heterocycles. The minimum absolute atomic E-state index is 0.0666. The number of nitrogens with two attached hydrogens (primary N) is 1. The second kappa shape index (κ2) is 5.65. The van der Waals surface area contributed by atoms with Crippen LogP contribution in [-0.4, -0.2) is 12.5 Å². The number of nitrogens with one attached hydrogen (secondary N) is 1. The van der Waals surface area contributed by atoms with Crippen LogP contribution in [0.1, 0.15) is 37.9 Å². The molecule has 1 rings (SSSR count). The van der Waals surface area contributed by atoms with Crippen LogP contribution in [0, 0.1) is 16.7 Å². The van der Waals surface area contributed by atoms with Crippen molar-refractivity contribution in [1.29, 1.82) is 5.26 Å². The zero-order valence-electron chi connectivity index (χ0n) is 11.0. The number of carbonyl (C=O) groups excluding carboxylic acids is 1. The van der Waals surface area contributed by atoms with E-state index in [1.807, 2.05) is 25.1 Å². The molecule has 0 saturated carbocycles. The van der Waals surface area contributed by atoms with Crippen molar-refractivity contribution >= 4 is 5.91 Å². The number of nitrogens with zero attached hydrogens (tertiary/aromatic N) is 1. The summed E-state index contributed by atoms with van der Waals surface area (Å²) in [5.74, 6) is -0.326. The highest BCUT2D eigenvalue weighted by Gasteiger charge is 2.25. The van der Waals surface area contributed by atoms with Crippen molar-refractivity contribution in [3.05, 3.63) is 35.4 Å². The lowest BCUT2D eigenvalue weighted by Crippen LogP contribution is -2.41. The molecule has 3 N–H and O–H groups in total. The van der Waals surface area contributed by atoms with Gasteiger partial charge in [-0.25, -0.2) is 0 Å². The summed E-state index contributed by atoms with van der Waals surface area (Å²) in [6.45, 7) is 6.11. The molecule has 0 spiro atoms. The fraction of sp³-hybridized carbons (Fsp3) is 0.429. The first-order valence-electron chi connectivity index (χ1n) is 5.90. The molecule has 4 heteroatoms. The van der Waals surface area contributed by atoms with E-state index in [9.17, 15) is 4.79 Å². The fourth-order valence-electron chi connectivity index (χ4n) is 1.49. The first kappa shape index (κ1) is 14.2. The predicted molar refractivity (Wildman–Crippen MR) is 70.6 cm³/mol. The van der Waals surface area contributed by atoms with E-state index in [4.69, 9.17) is 11.0 Å². The Bertz CT molecular complexity index is 474. The van der Waals surface area contributed by atoms with Crippen LogP contribution in [0.3, 0.4) is 0 Å². The largest absolute Gasteiger partial charge is 0.369 e. The van der Waals surface area contributed by atoms with Crippen molar-refractivity contribution in [1.82, 2.24) is 5.32 Å². The van der Waals surface area contributed by atoms with Crippen LogP contribution in [0.4, 0.5) is 0 Å². The number of primary amides is 1. The van der Waals surface area contributed by atoms with E-state index in [1.165, 1.54) is 0 Å². The van der Waals surface area contributed by atoms with Gasteiger partial charge in [0.15, 0.2) is 0 Å². The second-order valence-corrected chi connectivity index (χ2v) is 5.09. The Kier molecular flexibility index (Phi) is 4.46. The van der Waals surface area contributed by atoms with Crippen LogP contribution in [0.2, 0.25) is 0 Å². The number of nitriles is 1. The first-order valence-corrected chi connectivity index (χ1v) is 5.90. The zero-order chi connectivity index (χ0) is 13.8. The molecule has 0 aliphatic carbocycles. The Morgan fingerprint density at radius 1 is 1.56 bits per heavy atom. The smallest absolute Gasteiger partial charge is 0.224 e. The maximum Gasteiger partial charge on any atom is 0.224 e. The van der Waals surface area contributed by atoms with E-state index in [2.05, 4.69) is 11.4 Å². The van der Waals surface area contributed by atoms with Crippen LogP contribution in [-0.2, 0) is 4.79 Å². The highest BCUT2D eigenvalue weighted by atomic mass is 16.1. The van der Waals surface area contributed by atoms with E-state index < -0.39 is 5.41 Å². The molecule has 0 fully saturated rings. The summed E-state index contributed by atoms with van der Waals surface area (Å²) >= 11 is 0. The maximum atomic E-state index is 11.2. The minimum atomic E-state index is -0.582. The second-order valence-electron chi connectivity index (χ2n) is 5.09. The molecule has 0 aliphatic heterocycles. The first-order chi connectivity index (χ1) is 8.36. The molecule has 0 radical (unpaired) electrons. The van der Waals surface area contributed by atoms with E-state index in [1.54, 1.807) is 19.9 Å². The van der Waals surface area contributed by atoms with Gasteiger partial charge in [-0.3, -0.25) is 4.79 Å². The summed E-state index contributed by atoms with van der Waals surface area (Å²) in [6.07, 6.45) is 0. The van der Waals surface area contributed by atoms with Gasteiger partial charge in [0, 0.05) is 12.6 Å². The molecule has 1 atom stereocenters. The average Bonchev–Trinajstić information content (AvgIpc) is 2.36. The van der Waals surface area contributed by atoms with Gasteiger partial charge < -0.3 is 11.1 Å². The molecule has 0 bridgehead atoms. The van der Waals surface area contributed by atoms with Crippen molar-refractivity contribution in [3.8, 4) is 6.07 Å². The number of hydrogen-bond donors (Lipinski definition) is 2. The van der Waals surface area contributed by atoms with Crippen LogP contribution in [0.5, 0.6) is 0 Å². The molecule has 1 aromatic rings. The van der Waals surface area contributed by atoms with Crippen LogP contribution < -0.4 is 11.1 Å². The fourth-order valence-corrected chi connectivity index (χ4v) is 1.49. The maximum absolute atomic E-state index is 11.2. The summed E-state index contributed by atoms with van der Waals surface area (Å²) in [5, 5.41) is 12.1. The van der Waals surface area contributed by atoms with Gasteiger partial charge in [-0.15, -0.1) is 0 Å². The number of hydrogen-bond acceptors (Lipinski definition) is 3. The van der Waals surface area contributed by atoms with Gasteiger partial charge in [-0.2, -0.15) is 5.26 Å². The molecule has 0 aromatic heterocycles. The third kappa shape index (κ3) is 3.57. The van der Waals surface area contributed by atoms with Crippen molar-refractivity contribution in [2.45, 2.75) is 26.8 Å². The van der Waals surface area contributed by atoms with Gasteiger partial charge in [0.05, 0.1) is 17.0 Å². The van der Waals surface area contributed by atoms with Crippen LogP contribution >= 0.6 is 0 Å². The predicted octanol–water partition coefficient (Wildman–Crippen LogP) is 1.72. The third-order valence-electron chi connectivity index (χ3n) is 3.03. The normalized spacial score (nSPS) is 12.8. The topological polar surface area (TPSA) is 78.9 Å². The molecular weight excluding hydrogens is 226 g/mol. The lowest BCUT2D eigenvalue weighted by molar-refractivity contribution is -0.125. The summed E-state index contributed by atoms with van der Waals surface area (Å²) in [5.41, 5.74) is 6.39. The minimum Gasteiger partial charge on any atom is -0.369 e. The molecule has 0 aliphatic rings. The quantitative estimate of drug-likeness (QED) is 0.829. The highest BCUT2D eigenvalue weighted by Crippen LogP contribution is 2.17. The summed E-state index contributed by atoms with van der Waals surface area (Å²) in [4.78, 5) is 11.2. The Labute approximate surface area is 108 Å². The molecule has 18 heavy (non-hydrogen) atoms. The van der Waals surface area contributed by atoms with Gasteiger partial charge >= 0.3 is 0 Å². The monoisotopic (exact) mass is 245 g/mol. The summed E-state index contributed by atoms with van der Waals surface area (Å²) < 4.78 is 0. The SMILES string of the molecule is CC(NCC(C)(C)C(N)=O)c1cccc(C#N)c1. The van der Waals surface area contributed by atoms with E-state index >= 15 is 0 Å². The van der Waals surface area contributed by atoms with Gasteiger partial charge in [-0.1, -0.05) is 12.1 Å². The van der Waals surface area contributed by atoms with Gasteiger partial charge in [-0.05, 0) is 38.5 Å².